The van der Waals surface area contributed by atoms with Gasteiger partial charge in [-0.1, -0.05) is 18.5 Å². The molecule has 0 aliphatic carbocycles. The van der Waals surface area contributed by atoms with Crippen LogP contribution in [0.15, 0.2) is 6.07 Å². The minimum atomic E-state index is 0.184. The summed E-state index contributed by atoms with van der Waals surface area (Å²) in [6.07, 6.45) is 2.56. The van der Waals surface area contributed by atoms with Gasteiger partial charge in [0, 0.05) is 31.7 Å². The zero-order valence-corrected chi connectivity index (χ0v) is 12.1. The fourth-order valence-corrected chi connectivity index (χ4v) is 2.01. The first kappa shape index (κ1) is 15.2. The quantitative estimate of drug-likeness (QED) is 0.775. The molecule has 0 saturated heterocycles. The molecule has 5 heteroatoms. The summed E-state index contributed by atoms with van der Waals surface area (Å²) in [5.41, 5.74) is 0. The number of anilines is 1. The van der Waals surface area contributed by atoms with Crippen molar-refractivity contribution in [2.45, 2.75) is 46.1 Å². The molecule has 0 bridgehead atoms. The third-order valence-corrected chi connectivity index (χ3v) is 2.87. The number of rotatable bonds is 7. The minimum Gasteiger partial charge on any atom is -0.396 e. The normalized spacial score (nSPS) is 11.0. The van der Waals surface area contributed by atoms with E-state index in [4.69, 9.17) is 16.7 Å². The molecule has 0 atom stereocenters. The Bertz CT molecular complexity index is 371. The van der Waals surface area contributed by atoms with Gasteiger partial charge >= 0.3 is 0 Å². The SMILES string of the molecule is CCCc1nc(Cl)cc(N(CCCO)C(C)C)n1. The summed E-state index contributed by atoms with van der Waals surface area (Å²) in [6.45, 7) is 7.26. The van der Waals surface area contributed by atoms with Crippen molar-refractivity contribution in [1.82, 2.24) is 9.97 Å². The topological polar surface area (TPSA) is 49.2 Å². The Kier molecular flexibility index (Phi) is 6.36. The van der Waals surface area contributed by atoms with E-state index in [0.717, 1.165) is 37.4 Å². The molecule has 0 saturated carbocycles. The van der Waals surface area contributed by atoms with Gasteiger partial charge in [0.05, 0.1) is 0 Å². The summed E-state index contributed by atoms with van der Waals surface area (Å²) in [5.74, 6) is 1.64. The summed E-state index contributed by atoms with van der Waals surface area (Å²) in [6, 6.07) is 2.11. The molecule has 1 heterocycles. The molecule has 0 amide bonds. The first-order chi connectivity index (χ1) is 8.58. The summed E-state index contributed by atoms with van der Waals surface area (Å²) in [5, 5.41) is 9.44. The fourth-order valence-electron chi connectivity index (χ4n) is 1.81. The second-order valence-corrected chi connectivity index (χ2v) is 4.97. The van der Waals surface area contributed by atoms with Crippen molar-refractivity contribution in [3.8, 4) is 0 Å². The number of aliphatic hydroxyl groups excluding tert-OH is 1. The van der Waals surface area contributed by atoms with Crippen LogP contribution in [0.5, 0.6) is 0 Å². The highest BCUT2D eigenvalue weighted by Gasteiger charge is 2.13. The average Bonchev–Trinajstić information content (AvgIpc) is 2.28. The maximum Gasteiger partial charge on any atom is 0.134 e. The number of halogens is 1. The first-order valence-electron chi connectivity index (χ1n) is 6.49. The van der Waals surface area contributed by atoms with E-state index >= 15 is 0 Å². The number of aryl methyl sites for hydroxylation is 1. The van der Waals surface area contributed by atoms with Gasteiger partial charge in [-0.15, -0.1) is 0 Å². The molecule has 0 unspecified atom stereocenters. The Hall–Kier alpha value is -0.870. The molecule has 0 spiro atoms. The van der Waals surface area contributed by atoms with Crippen LogP contribution in [0.4, 0.5) is 5.82 Å². The van der Waals surface area contributed by atoms with Crippen LogP contribution in [0.25, 0.3) is 0 Å². The van der Waals surface area contributed by atoms with Gasteiger partial charge in [0.1, 0.15) is 16.8 Å². The maximum atomic E-state index is 8.95. The molecular weight excluding hydrogens is 250 g/mol. The minimum absolute atomic E-state index is 0.184. The Balaban J connectivity index is 2.95. The predicted octanol–water partition coefficient (Wildman–Crippen LogP) is 2.68. The van der Waals surface area contributed by atoms with Gasteiger partial charge in [0.2, 0.25) is 0 Å². The van der Waals surface area contributed by atoms with Crippen molar-refractivity contribution in [3.05, 3.63) is 17.0 Å². The second-order valence-electron chi connectivity index (χ2n) is 4.58. The Morgan fingerprint density at radius 1 is 1.39 bits per heavy atom. The Morgan fingerprint density at radius 3 is 2.67 bits per heavy atom. The van der Waals surface area contributed by atoms with Gasteiger partial charge in [0.15, 0.2) is 0 Å². The van der Waals surface area contributed by atoms with Crippen molar-refractivity contribution in [1.29, 1.82) is 0 Å². The fraction of sp³-hybridized carbons (Fsp3) is 0.692. The van der Waals surface area contributed by atoms with Crippen molar-refractivity contribution in [2.75, 3.05) is 18.1 Å². The standard InChI is InChI=1S/C13H22ClN3O/c1-4-6-12-15-11(14)9-13(16-12)17(10(2)3)7-5-8-18/h9-10,18H,4-8H2,1-3H3. The van der Waals surface area contributed by atoms with Crippen LogP contribution in [0.3, 0.4) is 0 Å². The Morgan fingerprint density at radius 2 is 2.11 bits per heavy atom. The van der Waals surface area contributed by atoms with Crippen LogP contribution in [-0.2, 0) is 6.42 Å². The third kappa shape index (κ3) is 4.42. The molecule has 4 nitrogen and oxygen atoms in total. The van der Waals surface area contributed by atoms with E-state index in [0.29, 0.717) is 11.2 Å². The lowest BCUT2D eigenvalue weighted by atomic mass is 10.2. The highest BCUT2D eigenvalue weighted by Crippen LogP contribution is 2.19. The van der Waals surface area contributed by atoms with Crippen LogP contribution < -0.4 is 4.90 Å². The van der Waals surface area contributed by atoms with E-state index in [1.54, 1.807) is 6.07 Å². The van der Waals surface area contributed by atoms with E-state index < -0.39 is 0 Å². The van der Waals surface area contributed by atoms with Gasteiger partial charge in [0.25, 0.3) is 0 Å². The molecule has 18 heavy (non-hydrogen) atoms. The predicted molar refractivity (Wildman–Crippen MR) is 75.2 cm³/mol. The molecule has 1 aromatic heterocycles. The van der Waals surface area contributed by atoms with Crippen molar-refractivity contribution in [2.24, 2.45) is 0 Å². The zero-order valence-electron chi connectivity index (χ0n) is 11.4. The van der Waals surface area contributed by atoms with Gasteiger partial charge in [-0.25, -0.2) is 9.97 Å². The third-order valence-electron chi connectivity index (χ3n) is 2.68. The maximum absolute atomic E-state index is 8.95. The molecule has 1 rings (SSSR count). The zero-order chi connectivity index (χ0) is 13.5. The van der Waals surface area contributed by atoms with Crippen LogP contribution in [0.1, 0.15) is 39.4 Å². The smallest absolute Gasteiger partial charge is 0.134 e. The van der Waals surface area contributed by atoms with Crippen molar-refractivity contribution < 1.29 is 5.11 Å². The molecule has 1 N–H and O–H groups in total. The molecule has 0 aliphatic heterocycles. The van der Waals surface area contributed by atoms with Gasteiger partial charge in [-0.05, 0) is 26.7 Å². The lowest BCUT2D eigenvalue weighted by molar-refractivity contribution is 0.288. The number of hydrogen-bond donors (Lipinski definition) is 1. The average molecular weight is 272 g/mol. The lowest BCUT2D eigenvalue weighted by Crippen LogP contribution is -2.33. The van der Waals surface area contributed by atoms with E-state index in [-0.39, 0.29) is 6.61 Å². The monoisotopic (exact) mass is 271 g/mol. The lowest BCUT2D eigenvalue weighted by Gasteiger charge is -2.28. The Labute approximate surface area is 114 Å². The number of nitrogens with zero attached hydrogens (tertiary/aromatic N) is 3. The van der Waals surface area contributed by atoms with Crippen LogP contribution in [0, 0.1) is 0 Å². The van der Waals surface area contributed by atoms with Gasteiger partial charge in [-0.3, -0.25) is 0 Å². The van der Waals surface area contributed by atoms with Crippen LogP contribution >= 0.6 is 11.6 Å². The molecule has 0 aliphatic rings. The van der Waals surface area contributed by atoms with Crippen molar-refractivity contribution >= 4 is 17.4 Å². The van der Waals surface area contributed by atoms with E-state index in [1.165, 1.54) is 0 Å². The van der Waals surface area contributed by atoms with Gasteiger partial charge in [-0.2, -0.15) is 0 Å². The molecule has 1 aromatic rings. The molecule has 102 valence electrons. The van der Waals surface area contributed by atoms with Crippen molar-refractivity contribution in [3.63, 3.8) is 0 Å². The summed E-state index contributed by atoms with van der Waals surface area (Å²) < 4.78 is 0. The first-order valence-corrected chi connectivity index (χ1v) is 6.87. The van der Waals surface area contributed by atoms with Crippen LogP contribution in [0.2, 0.25) is 5.15 Å². The largest absolute Gasteiger partial charge is 0.396 e. The number of aliphatic hydroxyl groups is 1. The summed E-state index contributed by atoms with van der Waals surface area (Å²) >= 11 is 6.04. The van der Waals surface area contributed by atoms with Crippen LogP contribution in [-0.4, -0.2) is 34.3 Å². The second kappa shape index (κ2) is 7.54. The van der Waals surface area contributed by atoms with E-state index in [1.807, 2.05) is 0 Å². The molecular formula is C13H22ClN3O. The highest BCUT2D eigenvalue weighted by molar-refractivity contribution is 6.29. The molecule has 0 aromatic carbocycles. The highest BCUT2D eigenvalue weighted by atomic mass is 35.5. The van der Waals surface area contributed by atoms with E-state index in [9.17, 15) is 0 Å². The summed E-state index contributed by atoms with van der Waals surface area (Å²) in [4.78, 5) is 10.9. The van der Waals surface area contributed by atoms with E-state index in [2.05, 4.69) is 35.6 Å². The molecule has 0 fully saturated rings. The number of aromatic nitrogens is 2. The van der Waals surface area contributed by atoms with Gasteiger partial charge < -0.3 is 10.0 Å². The molecule has 0 radical (unpaired) electrons. The number of hydrogen-bond acceptors (Lipinski definition) is 4. The summed E-state index contributed by atoms with van der Waals surface area (Å²) in [7, 11) is 0.